The van der Waals surface area contributed by atoms with Gasteiger partial charge in [0.25, 0.3) is 5.69 Å². The highest BCUT2D eigenvalue weighted by Gasteiger charge is 2.38. The monoisotopic (exact) mass is 324 g/mol. The third-order valence-corrected chi connectivity index (χ3v) is 4.58. The molecule has 1 heterocycles. The van der Waals surface area contributed by atoms with Gasteiger partial charge in [-0.25, -0.2) is 0 Å². The molecule has 3 rings (SSSR count). The zero-order valence-electron chi connectivity index (χ0n) is 13.2. The van der Waals surface area contributed by atoms with Crippen LogP contribution >= 0.6 is 0 Å². The minimum Gasteiger partial charge on any atom is -0.384 e. The molecule has 0 aromatic heterocycles. The Labute approximate surface area is 138 Å². The van der Waals surface area contributed by atoms with Gasteiger partial charge in [0.15, 0.2) is 5.78 Å². The van der Waals surface area contributed by atoms with Crippen molar-refractivity contribution < 1.29 is 9.72 Å². The average molecular weight is 324 g/mol. The molecule has 0 amide bonds. The van der Waals surface area contributed by atoms with Crippen LogP contribution in [0.4, 0.5) is 5.69 Å². The lowest BCUT2D eigenvalue weighted by molar-refractivity contribution is -0.384. The number of non-ortho nitro benzene ring substituents is 1. The quantitative estimate of drug-likeness (QED) is 0.659. The number of hydrogen-bond donors (Lipinski definition) is 1. The summed E-state index contributed by atoms with van der Waals surface area (Å²) in [6, 6.07) is 8.14. The Bertz CT molecular complexity index is 848. The fourth-order valence-electron chi connectivity index (χ4n) is 3.41. The summed E-state index contributed by atoms with van der Waals surface area (Å²) in [4.78, 5) is 24.8. The molecule has 0 saturated heterocycles. The Morgan fingerprint density at radius 3 is 2.83 bits per heavy atom. The molecular formula is C17H16N4O3. The SMILES string of the molecule is CN1C(N)=C(C#N)[C@@H](c2cccc([N+](=O)[O-])c2)C2=C1CCCC2=O. The Morgan fingerprint density at radius 2 is 2.17 bits per heavy atom. The van der Waals surface area contributed by atoms with E-state index in [0.29, 0.717) is 29.8 Å². The van der Waals surface area contributed by atoms with Crippen LogP contribution in [-0.2, 0) is 4.79 Å². The number of ketones is 1. The number of carbonyl (C=O) groups is 1. The number of nitro benzene ring substituents is 1. The number of nitro groups is 1. The van der Waals surface area contributed by atoms with Crippen molar-refractivity contribution in [3.8, 4) is 6.07 Å². The minimum absolute atomic E-state index is 0.0279. The number of nitrogens with zero attached hydrogens (tertiary/aromatic N) is 3. The minimum atomic E-state index is -0.645. The summed E-state index contributed by atoms with van der Waals surface area (Å²) in [6.07, 6.45) is 1.85. The first-order chi connectivity index (χ1) is 11.5. The molecule has 1 aliphatic carbocycles. The van der Waals surface area contributed by atoms with Crippen LogP contribution in [0.15, 0.2) is 46.9 Å². The molecule has 1 aromatic rings. The van der Waals surface area contributed by atoms with Gasteiger partial charge in [-0.3, -0.25) is 14.9 Å². The average Bonchev–Trinajstić information content (AvgIpc) is 2.58. The summed E-state index contributed by atoms with van der Waals surface area (Å²) in [7, 11) is 1.74. The Kier molecular flexibility index (Phi) is 3.81. The van der Waals surface area contributed by atoms with Crippen molar-refractivity contribution in [3.63, 3.8) is 0 Å². The van der Waals surface area contributed by atoms with Crippen molar-refractivity contribution in [3.05, 3.63) is 62.6 Å². The zero-order chi connectivity index (χ0) is 17.4. The van der Waals surface area contributed by atoms with Gasteiger partial charge in [-0.2, -0.15) is 5.26 Å². The number of carbonyl (C=O) groups excluding carboxylic acids is 1. The molecule has 1 aliphatic heterocycles. The van der Waals surface area contributed by atoms with E-state index in [1.807, 2.05) is 0 Å². The summed E-state index contributed by atoms with van der Waals surface area (Å²) in [5.74, 6) is -0.379. The van der Waals surface area contributed by atoms with Gasteiger partial charge >= 0.3 is 0 Å². The van der Waals surface area contributed by atoms with Gasteiger partial charge in [-0.15, -0.1) is 0 Å². The number of benzene rings is 1. The maximum Gasteiger partial charge on any atom is 0.269 e. The molecule has 24 heavy (non-hydrogen) atoms. The largest absolute Gasteiger partial charge is 0.384 e. The van der Waals surface area contributed by atoms with Crippen molar-refractivity contribution in [1.82, 2.24) is 4.90 Å². The lowest BCUT2D eigenvalue weighted by Crippen LogP contribution is -2.36. The van der Waals surface area contributed by atoms with Gasteiger partial charge in [-0.05, 0) is 18.4 Å². The molecule has 0 fully saturated rings. The third-order valence-electron chi connectivity index (χ3n) is 4.58. The van der Waals surface area contributed by atoms with E-state index in [1.54, 1.807) is 24.1 Å². The molecule has 0 bridgehead atoms. The van der Waals surface area contributed by atoms with Gasteiger partial charge in [0.2, 0.25) is 0 Å². The molecular weight excluding hydrogens is 308 g/mol. The standard InChI is InChI=1S/C17H16N4O3/c1-20-13-6-3-7-14(22)16(13)15(12(9-18)17(20)19)10-4-2-5-11(8-10)21(23)24/h2,4-5,8,15H,3,6-7,19H2,1H3/t15-/m1/s1. The summed E-state index contributed by atoms with van der Waals surface area (Å²) >= 11 is 0. The number of nitrogens with two attached hydrogens (primary N) is 1. The number of Topliss-reactive ketones (excluding diaryl/α,β-unsaturated/α-hetero) is 1. The van der Waals surface area contributed by atoms with E-state index in [2.05, 4.69) is 6.07 Å². The van der Waals surface area contributed by atoms with Crippen molar-refractivity contribution >= 4 is 11.5 Å². The molecule has 0 saturated carbocycles. The highest BCUT2D eigenvalue weighted by Crippen LogP contribution is 2.44. The maximum atomic E-state index is 12.6. The van der Waals surface area contributed by atoms with E-state index >= 15 is 0 Å². The van der Waals surface area contributed by atoms with Gasteiger partial charge in [0.05, 0.1) is 22.5 Å². The van der Waals surface area contributed by atoms with Gasteiger partial charge < -0.3 is 10.6 Å². The molecule has 1 aromatic carbocycles. The first kappa shape index (κ1) is 15.7. The van der Waals surface area contributed by atoms with E-state index in [4.69, 9.17) is 5.73 Å². The molecule has 1 atom stereocenters. The van der Waals surface area contributed by atoms with Gasteiger partial charge in [0, 0.05) is 36.9 Å². The molecule has 0 spiro atoms. The van der Waals surface area contributed by atoms with Crippen molar-refractivity contribution in [2.75, 3.05) is 7.05 Å². The highest BCUT2D eigenvalue weighted by atomic mass is 16.6. The van der Waals surface area contributed by atoms with Crippen LogP contribution in [-0.4, -0.2) is 22.7 Å². The fraction of sp³-hybridized carbons (Fsp3) is 0.294. The summed E-state index contributed by atoms with van der Waals surface area (Å²) in [5.41, 5.74) is 8.18. The zero-order valence-corrected chi connectivity index (χ0v) is 13.2. The molecule has 7 nitrogen and oxygen atoms in total. The van der Waals surface area contributed by atoms with Crippen LogP contribution < -0.4 is 5.73 Å². The molecule has 0 unspecified atom stereocenters. The first-order valence-corrected chi connectivity index (χ1v) is 7.59. The summed E-state index contributed by atoms with van der Waals surface area (Å²) in [6.45, 7) is 0. The van der Waals surface area contributed by atoms with Crippen LogP contribution in [0.1, 0.15) is 30.7 Å². The fourth-order valence-corrected chi connectivity index (χ4v) is 3.41. The number of rotatable bonds is 2. The van der Waals surface area contributed by atoms with Crippen LogP contribution in [0.5, 0.6) is 0 Å². The predicted octanol–water partition coefficient (Wildman–Crippen LogP) is 2.32. The van der Waals surface area contributed by atoms with Gasteiger partial charge in [-0.1, -0.05) is 12.1 Å². The van der Waals surface area contributed by atoms with Gasteiger partial charge in [0.1, 0.15) is 5.82 Å². The second-order valence-electron chi connectivity index (χ2n) is 5.89. The molecule has 2 N–H and O–H groups in total. The van der Waals surface area contributed by atoms with Crippen LogP contribution in [0, 0.1) is 21.4 Å². The number of allylic oxidation sites excluding steroid dienone is 3. The van der Waals surface area contributed by atoms with Crippen molar-refractivity contribution in [1.29, 1.82) is 5.26 Å². The molecule has 0 radical (unpaired) electrons. The number of nitriles is 1. The van der Waals surface area contributed by atoms with E-state index in [-0.39, 0.29) is 17.0 Å². The Morgan fingerprint density at radius 1 is 1.42 bits per heavy atom. The number of hydrogen-bond acceptors (Lipinski definition) is 6. The van der Waals surface area contributed by atoms with Crippen molar-refractivity contribution in [2.24, 2.45) is 5.73 Å². The third kappa shape index (κ3) is 2.33. The van der Waals surface area contributed by atoms with E-state index in [1.165, 1.54) is 12.1 Å². The van der Waals surface area contributed by atoms with Crippen molar-refractivity contribution in [2.45, 2.75) is 25.2 Å². The first-order valence-electron chi connectivity index (χ1n) is 7.59. The van der Waals surface area contributed by atoms with Crippen LogP contribution in [0.2, 0.25) is 0 Å². The molecule has 7 heteroatoms. The topological polar surface area (TPSA) is 113 Å². The highest BCUT2D eigenvalue weighted by molar-refractivity contribution is 5.99. The smallest absolute Gasteiger partial charge is 0.269 e. The second-order valence-corrected chi connectivity index (χ2v) is 5.89. The summed E-state index contributed by atoms with van der Waals surface area (Å²) in [5, 5.41) is 20.7. The van der Waals surface area contributed by atoms with Crippen LogP contribution in [0.3, 0.4) is 0 Å². The van der Waals surface area contributed by atoms with Crippen LogP contribution in [0.25, 0.3) is 0 Å². The van der Waals surface area contributed by atoms with E-state index in [9.17, 15) is 20.2 Å². The lowest BCUT2D eigenvalue weighted by Gasteiger charge is -2.37. The Hall–Kier alpha value is -3.14. The molecule has 2 aliphatic rings. The molecule has 122 valence electrons. The summed E-state index contributed by atoms with van der Waals surface area (Å²) < 4.78 is 0. The van der Waals surface area contributed by atoms with E-state index < -0.39 is 10.8 Å². The second kappa shape index (κ2) is 5.81. The van der Waals surface area contributed by atoms with E-state index in [0.717, 1.165) is 12.1 Å². The lowest BCUT2D eigenvalue weighted by atomic mass is 9.76. The normalized spacial score (nSPS) is 20.8. The Balaban J connectivity index is 2.24. The predicted molar refractivity (Wildman–Crippen MR) is 86.3 cm³/mol. The maximum absolute atomic E-state index is 12.6.